The number of H-pyrrole nitrogens is 1. The summed E-state index contributed by atoms with van der Waals surface area (Å²) in [6.45, 7) is 1.37. The summed E-state index contributed by atoms with van der Waals surface area (Å²) in [5, 5.41) is 5.31. The summed E-state index contributed by atoms with van der Waals surface area (Å²) in [5.74, 6) is 0. The Bertz CT molecular complexity index is 1220. The molecule has 0 saturated carbocycles. The largest absolute Gasteiger partial charge is 0.377 e. The van der Waals surface area contributed by atoms with Crippen LogP contribution in [0.2, 0.25) is 0 Å². The summed E-state index contributed by atoms with van der Waals surface area (Å²) < 4.78 is 14.6. The lowest BCUT2D eigenvalue weighted by atomic mass is 9.99. The van der Waals surface area contributed by atoms with Crippen LogP contribution >= 0.6 is 0 Å². The Hall–Kier alpha value is -3.16. The second-order valence-electron chi connectivity index (χ2n) is 7.40. The Labute approximate surface area is 167 Å². The van der Waals surface area contributed by atoms with E-state index in [4.69, 9.17) is 9.47 Å². The van der Waals surface area contributed by atoms with Crippen molar-refractivity contribution in [1.29, 1.82) is 0 Å². The van der Waals surface area contributed by atoms with Crippen LogP contribution in [0.4, 0.5) is 0 Å². The highest BCUT2D eigenvalue weighted by atomic mass is 16.5. The first-order valence-corrected chi connectivity index (χ1v) is 9.58. The molecule has 1 aromatic carbocycles. The predicted octanol–water partition coefficient (Wildman–Crippen LogP) is 3.04. The first-order chi connectivity index (χ1) is 14.2. The summed E-state index contributed by atoms with van der Waals surface area (Å²) in [4.78, 5) is 16.1. The van der Waals surface area contributed by atoms with Gasteiger partial charge in [0.15, 0.2) is 0 Å². The highest BCUT2D eigenvalue weighted by Crippen LogP contribution is 2.33. The van der Waals surface area contributed by atoms with Gasteiger partial charge >= 0.3 is 0 Å². The third kappa shape index (κ3) is 2.99. The number of ether oxygens (including phenoxy) is 2. The van der Waals surface area contributed by atoms with Crippen molar-refractivity contribution in [3.05, 3.63) is 76.5 Å². The molecule has 1 aliphatic rings. The molecule has 3 aromatic heterocycles. The number of aryl methyl sites for hydroxylation is 1. The summed E-state index contributed by atoms with van der Waals surface area (Å²) in [7, 11) is 3.45. The zero-order valence-corrected chi connectivity index (χ0v) is 16.3. The van der Waals surface area contributed by atoms with Crippen LogP contribution < -0.4 is 5.56 Å². The van der Waals surface area contributed by atoms with Gasteiger partial charge in [-0.1, -0.05) is 30.3 Å². The molecule has 7 heteroatoms. The van der Waals surface area contributed by atoms with Crippen LogP contribution in [0.3, 0.4) is 0 Å². The Balaban J connectivity index is 1.64. The highest BCUT2D eigenvalue weighted by molar-refractivity contribution is 5.88. The van der Waals surface area contributed by atoms with E-state index in [1.807, 2.05) is 59.7 Å². The van der Waals surface area contributed by atoms with E-state index in [-0.39, 0.29) is 17.7 Å². The van der Waals surface area contributed by atoms with Crippen LogP contribution in [0.1, 0.15) is 23.3 Å². The van der Waals surface area contributed by atoms with Crippen LogP contribution in [-0.2, 0) is 16.5 Å². The zero-order chi connectivity index (χ0) is 20.0. The summed E-state index contributed by atoms with van der Waals surface area (Å²) >= 11 is 0. The van der Waals surface area contributed by atoms with E-state index in [0.29, 0.717) is 18.7 Å². The molecule has 0 bridgehead atoms. The topological polar surface area (TPSA) is 74.1 Å². The molecule has 1 fully saturated rings. The van der Waals surface area contributed by atoms with E-state index in [2.05, 4.69) is 10.1 Å². The average molecular weight is 390 g/mol. The SMILES string of the molecule is COC(c1ccccc1)c1cn(C)c(=O)c2[nH]c(-c3cnn(C4COC4)c3)cc12. The number of methoxy groups -OCH3 is 1. The van der Waals surface area contributed by atoms with Crippen molar-refractivity contribution in [2.75, 3.05) is 20.3 Å². The molecule has 4 heterocycles. The van der Waals surface area contributed by atoms with Crippen LogP contribution in [0, 0.1) is 0 Å². The van der Waals surface area contributed by atoms with Gasteiger partial charge in [-0.25, -0.2) is 0 Å². The molecule has 5 rings (SSSR count). The molecule has 4 aromatic rings. The van der Waals surface area contributed by atoms with Crippen molar-refractivity contribution in [3.8, 4) is 11.3 Å². The number of nitrogens with one attached hydrogen (secondary N) is 1. The van der Waals surface area contributed by atoms with Gasteiger partial charge in [-0.3, -0.25) is 9.48 Å². The van der Waals surface area contributed by atoms with Gasteiger partial charge in [0.1, 0.15) is 11.6 Å². The van der Waals surface area contributed by atoms with E-state index in [1.54, 1.807) is 18.7 Å². The fraction of sp³-hybridized carbons (Fsp3) is 0.273. The van der Waals surface area contributed by atoms with Gasteiger partial charge in [-0.2, -0.15) is 5.10 Å². The maximum Gasteiger partial charge on any atom is 0.274 e. The van der Waals surface area contributed by atoms with Gasteiger partial charge in [0.2, 0.25) is 0 Å². The molecule has 1 N–H and O–H groups in total. The fourth-order valence-electron chi connectivity index (χ4n) is 3.85. The molecule has 1 unspecified atom stereocenters. The highest BCUT2D eigenvalue weighted by Gasteiger charge is 2.23. The number of benzene rings is 1. The Morgan fingerprint density at radius 3 is 2.72 bits per heavy atom. The van der Waals surface area contributed by atoms with Gasteiger partial charge in [-0.05, 0) is 11.6 Å². The Morgan fingerprint density at radius 2 is 2.03 bits per heavy atom. The third-order valence-corrected chi connectivity index (χ3v) is 5.52. The molecule has 7 nitrogen and oxygen atoms in total. The number of aromatic amines is 1. The third-order valence-electron chi connectivity index (χ3n) is 5.52. The van der Waals surface area contributed by atoms with E-state index in [0.717, 1.165) is 27.8 Å². The number of hydrogen-bond donors (Lipinski definition) is 1. The molecule has 1 aliphatic heterocycles. The van der Waals surface area contributed by atoms with Gasteiger partial charge < -0.3 is 19.0 Å². The number of aromatic nitrogens is 4. The second-order valence-corrected chi connectivity index (χ2v) is 7.40. The molecular weight excluding hydrogens is 368 g/mol. The lowest BCUT2D eigenvalue weighted by molar-refractivity contribution is -0.0286. The smallest absolute Gasteiger partial charge is 0.274 e. The van der Waals surface area contributed by atoms with Crippen LogP contribution in [-0.4, -0.2) is 39.7 Å². The molecule has 0 aliphatic carbocycles. The molecule has 1 atom stereocenters. The van der Waals surface area contributed by atoms with Crippen molar-refractivity contribution < 1.29 is 9.47 Å². The summed E-state index contributed by atoms with van der Waals surface area (Å²) in [5.41, 5.74) is 4.28. The van der Waals surface area contributed by atoms with Crippen molar-refractivity contribution in [2.45, 2.75) is 12.1 Å². The van der Waals surface area contributed by atoms with E-state index < -0.39 is 0 Å². The van der Waals surface area contributed by atoms with E-state index in [9.17, 15) is 4.79 Å². The monoisotopic (exact) mass is 390 g/mol. The standard InChI is InChI=1S/C22H22N4O3/c1-25-11-18(21(28-2)14-6-4-3-5-7-14)17-8-19(24-20(17)22(25)27)15-9-23-26(10-15)16-12-29-13-16/h3-11,16,21,24H,12-13H2,1-2H3. The Kier molecular flexibility index (Phi) is 4.34. The number of fused-ring (bicyclic) bond motifs is 1. The molecule has 29 heavy (non-hydrogen) atoms. The number of nitrogens with zero attached hydrogens (tertiary/aromatic N) is 3. The first kappa shape index (κ1) is 17.9. The van der Waals surface area contributed by atoms with Crippen LogP contribution in [0.25, 0.3) is 22.2 Å². The van der Waals surface area contributed by atoms with E-state index in [1.165, 1.54) is 0 Å². The van der Waals surface area contributed by atoms with Crippen molar-refractivity contribution in [3.63, 3.8) is 0 Å². The lowest BCUT2D eigenvalue weighted by Gasteiger charge is -2.25. The Morgan fingerprint density at radius 1 is 1.24 bits per heavy atom. The fourth-order valence-corrected chi connectivity index (χ4v) is 3.85. The lowest BCUT2D eigenvalue weighted by Crippen LogP contribution is -2.30. The minimum absolute atomic E-state index is 0.0716. The molecule has 1 saturated heterocycles. The molecule has 0 amide bonds. The van der Waals surface area contributed by atoms with Crippen LogP contribution in [0.15, 0.2) is 59.8 Å². The average Bonchev–Trinajstić information content (AvgIpc) is 3.33. The zero-order valence-electron chi connectivity index (χ0n) is 16.3. The number of hydrogen-bond acceptors (Lipinski definition) is 4. The van der Waals surface area contributed by atoms with Crippen molar-refractivity contribution in [1.82, 2.24) is 19.3 Å². The summed E-state index contributed by atoms with van der Waals surface area (Å²) in [6.07, 6.45) is 5.40. The summed E-state index contributed by atoms with van der Waals surface area (Å²) in [6, 6.07) is 12.3. The molecule has 148 valence electrons. The minimum Gasteiger partial charge on any atom is -0.377 e. The van der Waals surface area contributed by atoms with Crippen LogP contribution in [0.5, 0.6) is 0 Å². The van der Waals surface area contributed by atoms with Gasteiger partial charge in [0.25, 0.3) is 5.56 Å². The van der Waals surface area contributed by atoms with E-state index >= 15 is 0 Å². The molecular formula is C22H22N4O3. The van der Waals surface area contributed by atoms with Gasteiger partial charge in [0, 0.05) is 48.8 Å². The van der Waals surface area contributed by atoms with Crippen molar-refractivity contribution >= 4 is 10.9 Å². The normalized spacial score (nSPS) is 15.5. The number of rotatable bonds is 5. The van der Waals surface area contributed by atoms with Gasteiger partial charge in [0.05, 0.1) is 25.5 Å². The predicted molar refractivity (Wildman–Crippen MR) is 110 cm³/mol. The van der Waals surface area contributed by atoms with Crippen molar-refractivity contribution in [2.24, 2.45) is 7.05 Å². The maximum absolute atomic E-state index is 12.8. The first-order valence-electron chi connectivity index (χ1n) is 9.58. The number of pyridine rings is 1. The quantitative estimate of drug-likeness (QED) is 0.568. The minimum atomic E-state index is -0.274. The maximum atomic E-state index is 12.8. The van der Waals surface area contributed by atoms with Gasteiger partial charge in [-0.15, -0.1) is 0 Å². The molecule has 0 spiro atoms. The molecule has 0 radical (unpaired) electrons. The second kappa shape index (κ2) is 7.02.